The molecule has 1 aromatic rings. The van der Waals surface area contributed by atoms with Crippen molar-refractivity contribution < 1.29 is 14.6 Å². The quantitative estimate of drug-likeness (QED) is 0.925. The van der Waals surface area contributed by atoms with Gasteiger partial charge in [0.25, 0.3) is 0 Å². The number of hydrogen-bond donors (Lipinski definition) is 1. The lowest BCUT2D eigenvalue weighted by atomic mass is 10.00. The van der Waals surface area contributed by atoms with Crippen molar-refractivity contribution in [3.63, 3.8) is 0 Å². The van der Waals surface area contributed by atoms with Crippen LogP contribution in [0.1, 0.15) is 23.1 Å². The Bertz CT molecular complexity index is 413. The Morgan fingerprint density at radius 1 is 1.50 bits per heavy atom. The fraction of sp³-hybridized carbons (Fsp3) is 0.417. The highest BCUT2D eigenvalue weighted by molar-refractivity contribution is 9.10. The zero-order valence-electron chi connectivity index (χ0n) is 9.63. The van der Waals surface area contributed by atoms with Crippen molar-refractivity contribution in [1.82, 2.24) is 0 Å². The van der Waals surface area contributed by atoms with E-state index in [-0.39, 0.29) is 6.42 Å². The fourth-order valence-corrected chi connectivity index (χ4v) is 2.04. The number of halogens is 1. The van der Waals surface area contributed by atoms with E-state index < -0.39 is 5.97 Å². The molecule has 0 saturated heterocycles. The molecule has 0 bridgehead atoms. The van der Waals surface area contributed by atoms with Crippen LogP contribution in [0.3, 0.4) is 0 Å². The number of rotatable bonds is 4. The van der Waals surface area contributed by atoms with Crippen molar-refractivity contribution >= 4 is 21.9 Å². The van der Waals surface area contributed by atoms with Crippen molar-refractivity contribution in [3.8, 4) is 5.75 Å². The standard InChI is InChI=1S/C12H15BrO3/c1-7-6-10(16-3)9(4-5-11(14)15)8(2)12(7)13/h6H,4-5H2,1-3H3,(H,14,15). The predicted molar refractivity (Wildman–Crippen MR) is 66.1 cm³/mol. The smallest absolute Gasteiger partial charge is 0.303 e. The van der Waals surface area contributed by atoms with E-state index in [0.717, 1.165) is 26.9 Å². The monoisotopic (exact) mass is 286 g/mol. The molecule has 1 rings (SSSR count). The van der Waals surface area contributed by atoms with E-state index in [4.69, 9.17) is 9.84 Å². The van der Waals surface area contributed by atoms with Gasteiger partial charge in [-0.25, -0.2) is 0 Å². The Morgan fingerprint density at radius 3 is 2.62 bits per heavy atom. The molecule has 0 amide bonds. The number of hydrogen-bond acceptors (Lipinski definition) is 2. The van der Waals surface area contributed by atoms with Crippen LogP contribution in [0.5, 0.6) is 5.75 Å². The van der Waals surface area contributed by atoms with Crippen LogP contribution in [0.15, 0.2) is 10.5 Å². The highest BCUT2D eigenvalue weighted by Gasteiger charge is 2.13. The topological polar surface area (TPSA) is 46.5 Å². The highest BCUT2D eigenvalue weighted by Crippen LogP contribution is 2.32. The Labute approximate surface area is 104 Å². The molecule has 0 heterocycles. The Morgan fingerprint density at radius 2 is 2.12 bits per heavy atom. The van der Waals surface area contributed by atoms with E-state index in [1.54, 1.807) is 7.11 Å². The van der Waals surface area contributed by atoms with E-state index in [0.29, 0.717) is 6.42 Å². The lowest BCUT2D eigenvalue weighted by Gasteiger charge is -2.14. The van der Waals surface area contributed by atoms with Gasteiger partial charge in [0.1, 0.15) is 5.75 Å². The molecule has 0 aliphatic rings. The van der Waals surface area contributed by atoms with E-state index in [1.165, 1.54) is 0 Å². The molecule has 1 N–H and O–H groups in total. The third-order valence-electron chi connectivity index (χ3n) is 2.58. The molecule has 16 heavy (non-hydrogen) atoms. The van der Waals surface area contributed by atoms with E-state index in [1.807, 2.05) is 19.9 Å². The minimum Gasteiger partial charge on any atom is -0.496 e. The van der Waals surface area contributed by atoms with Gasteiger partial charge in [-0.3, -0.25) is 4.79 Å². The molecule has 0 fully saturated rings. The molecule has 4 heteroatoms. The summed E-state index contributed by atoms with van der Waals surface area (Å²) in [6.45, 7) is 3.96. The number of aryl methyl sites for hydroxylation is 1. The van der Waals surface area contributed by atoms with E-state index in [2.05, 4.69) is 15.9 Å². The molecule has 0 radical (unpaired) electrons. The van der Waals surface area contributed by atoms with Gasteiger partial charge in [-0.2, -0.15) is 0 Å². The van der Waals surface area contributed by atoms with Gasteiger partial charge < -0.3 is 9.84 Å². The summed E-state index contributed by atoms with van der Waals surface area (Å²) in [5.74, 6) is -0.0300. The normalized spacial score (nSPS) is 10.2. The number of ether oxygens (including phenoxy) is 1. The molecule has 0 spiro atoms. The van der Waals surface area contributed by atoms with Crippen molar-refractivity contribution in [2.75, 3.05) is 7.11 Å². The maximum Gasteiger partial charge on any atom is 0.303 e. The van der Waals surface area contributed by atoms with Crippen LogP contribution in [-0.2, 0) is 11.2 Å². The largest absolute Gasteiger partial charge is 0.496 e. The molecule has 0 atom stereocenters. The Kier molecular flexibility index (Phi) is 4.35. The summed E-state index contributed by atoms with van der Waals surface area (Å²) < 4.78 is 6.30. The number of benzene rings is 1. The lowest BCUT2D eigenvalue weighted by Crippen LogP contribution is -2.02. The average molecular weight is 287 g/mol. The van der Waals surface area contributed by atoms with Crippen molar-refractivity contribution in [2.24, 2.45) is 0 Å². The molecular weight excluding hydrogens is 272 g/mol. The molecule has 0 aromatic heterocycles. The van der Waals surface area contributed by atoms with Gasteiger partial charge in [0.15, 0.2) is 0 Å². The second-order valence-corrected chi connectivity index (χ2v) is 4.50. The molecule has 0 saturated carbocycles. The SMILES string of the molecule is COc1cc(C)c(Br)c(C)c1CCC(=O)O. The van der Waals surface area contributed by atoms with Crippen LogP contribution in [0, 0.1) is 13.8 Å². The maximum absolute atomic E-state index is 10.6. The Hall–Kier alpha value is -1.03. The fourth-order valence-electron chi connectivity index (χ4n) is 1.68. The first-order valence-electron chi connectivity index (χ1n) is 5.01. The molecular formula is C12H15BrO3. The summed E-state index contributed by atoms with van der Waals surface area (Å²) >= 11 is 3.50. The second-order valence-electron chi connectivity index (χ2n) is 3.71. The van der Waals surface area contributed by atoms with Crippen molar-refractivity contribution in [3.05, 3.63) is 27.2 Å². The summed E-state index contributed by atoms with van der Waals surface area (Å²) in [6, 6.07) is 1.92. The van der Waals surface area contributed by atoms with Crippen LogP contribution < -0.4 is 4.74 Å². The minimum absolute atomic E-state index is 0.118. The number of carboxylic acid groups (broad SMARTS) is 1. The first-order chi connectivity index (χ1) is 7.47. The Balaban J connectivity index is 3.14. The molecule has 0 aliphatic heterocycles. The van der Waals surface area contributed by atoms with Gasteiger partial charge in [-0.05, 0) is 43.0 Å². The summed E-state index contributed by atoms with van der Waals surface area (Å²) in [4.78, 5) is 10.6. The van der Waals surface area contributed by atoms with Crippen LogP contribution in [0.2, 0.25) is 0 Å². The van der Waals surface area contributed by atoms with E-state index >= 15 is 0 Å². The van der Waals surface area contributed by atoms with E-state index in [9.17, 15) is 4.79 Å². The second kappa shape index (κ2) is 5.34. The minimum atomic E-state index is -0.793. The van der Waals surface area contributed by atoms with Crippen molar-refractivity contribution in [2.45, 2.75) is 26.7 Å². The summed E-state index contributed by atoms with van der Waals surface area (Å²) in [5.41, 5.74) is 3.11. The molecule has 0 unspecified atom stereocenters. The van der Waals surface area contributed by atoms with Gasteiger partial charge >= 0.3 is 5.97 Å². The van der Waals surface area contributed by atoms with Crippen LogP contribution in [0.25, 0.3) is 0 Å². The van der Waals surface area contributed by atoms with Gasteiger partial charge in [-0.15, -0.1) is 0 Å². The summed E-state index contributed by atoms with van der Waals surface area (Å²) in [7, 11) is 1.60. The van der Waals surface area contributed by atoms with Gasteiger partial charge in [0.05, 0.1) is 7.11 Å². The lowest BCUT2D eigenvalue weighted by molar-refractivity contribution is -0.136. The molecule has 0 aliphatic carbocycles. The van der Waals surface area contributed by atoms with Crippen molar-refractivity contribution in [1.29, 1.82) is 0 Å². The van der Waals surface area contributed by atoms with Gasteiger partial charge in [0.2, 0.25) is 0 Å². The van der Waals surface area contributed by atoms with Crippen LogP contribution in [0.4, 0.5) is 0 Å². The number of methoxy groups -OCH3 is 1. The van der Waals surface area contributed by atoms with Gasteiger partial charge in [-0.1, -0.05) is 15.9 Å². The highest BCUT2D eigenvalue weighted by atomic mass is 79.9. The van der Waals surface area contributed by atoms with Crippen LogP contribution in [-0.4, -0.2) is 18.2 Å². The first-order valence-corrected chi connectivity index (χ1v) is 5.81. The first kappa shape index (κ1) is 13.0. The molecule has 1 aromatic carbocycles. The molecule has 88 valence electrons. The number of carbonyl (C=O) groups is 1. The third-order valence-corrected chi connectivity index (χ3v) is 3.80. The average Bonchev–Trinajstić information content (AvgIpc) is 2.23. The maximum atomic E-state index is 10.6. The van der Waals surface area contributed by atoms with Gasteiger partial charge in [0, 0.05) is 10.9 Å². The zero-order valence-corrected chi connectivity index (χ0v) is 11.2. The third kappa shape index (κ3) is 2.76. The number of aliphatic carboxylic acids is 1. The summed E-state index contributed by atoms with van der Waals surface area (Å²) in [6.07, 6.45) is 0.607. The summed E-state index contributed by atoms with van der Waals surface area (Å²) in [5, 5.41) is 8.70. The van der Waals surface area contributed by atoms with Crippen LogP contribution >= 0.6 is 15.9 Å². The predicted octanol–water partition coefficient (Wildman–Crippen LogP) is 3.09. The molecule has 3 nitrogen and oxygen atoms in total. The zero-order chi connectivity index (χ0) is 12.3. The number of carboxylic acids is 1.